The molecule has 52 valence electrons. The number of nitrogens with one attached hydrogen (secondary N) is 1. The van der Waals surface area contributed by atoms with Crippen molar-refractivity contribution in [3.05, 3.63) is 36.7 Å². The molecule has 0 aliphatic carbocycles. The second kappa shape index (κ2) is 3.67. The van der Waals surface area contributed by atoms with Gasteiger partial charge in [0.1, 0.15) is 0 Å². The van der Waals surface area contributed by atoms with E-state index in [0.717, 1.165) is 5.69 Å². The van der Waals surface area contributed by atoms with Crippen LogP contribution in [-0.4, -0.2) is 17.7 Å². The first-order valence-corrected chi connectivity index (χ1v) is 3.17. The van der Waals surface area contributed by atoms with Gasteiger partial charge in [-0.15, -0.1) is 6.58 Å². The maximum absolute atomic E-state index is 4.06. The van der Waals surface area contributed by atoms with Gasteiger partial charge in [0.05, 0.1) is 12.2 Å². The zero-order valence-corrected chi connectivity index (χ0v) is 5.75. The smallest absolute Gasteiger partial charge is 0.0568 e. The fourth-order valence-corrected chi connectivity index (χ4v) is 0.650. The van der Waals surface area contributed by atoms with Crippen molar-refractivity contribution in [1.29, 1.82) is 0 Å². The van der Waals surface area contributed by atoms with Crippen LogP contribution in [0.4, 0.5) is 0 Å². The molecule has 10 heavy (non-hydrogen) atoms. The summed E-state index contributed by atoms with van der Waals surface area (Å²) in [5.74, 6) is 0. The van der Waals surface area contributed by atoms with E-state index in [0.29, 0.717) is 6.54 Å². The summed E-state index contributed by atoms with van der Waals surface area (Å²) in [6.45, 7) is 4.24. The van der Waals surface area contributed by atoms with Gasteiger partial charge in [-0.3, -0.25) is 4.99 Å². The molecule has 1 aromatic rings. The number of aromatic amines is 1. The quantitative estimate of drug-likeness (QED) is 0.480. The summed E-state index contributed by atoms with van der Waals surface area (Å²) in [5.41, 5.74) is 1.03. The van der Waals surface area contributed by atoms with E-state index in [4.69, 9.17) is 0 Å². The number of hydrogen-bond donors (Lipinski definition) is 1. The summed E-state index contributed by atoms with van der Waals surface area (Å²) < 4.78 is 0. The summed E-state index contributed by atoms with van der Waals surface area (Å²) >= 11 is 0. The Morgan fingerprint density at radius 1 is 1.70 bits per heavy atom. The fourth-order valence-electron chi connectivity index (χ4n) is 0.650. The van der Waals surface area contributed by atoms with E-state index < -0.39 is 0 Å². The Balaban J connectivity index is 2.47. The van der Waals surface area contributed by atoms with Crippen molar-refractivity contribution in [2.75, 3.05) is 6.54 Å². The van der Waals surface area contributed by atoms with Crippen molar-refractivity contribution in [2.45, 2.75) is 0 Å². The number of aromatic nitrogens is 1. The van der Waals surface area contributed by atoms with Crippen molar-refractivity contribution in [3.8, 4) is 0 Å². The van der Waals surface area contributed by atoms with Crippen LogP contribution in [0.5, 0.6) is 0 Å². The number of rotatable bonds is 3. The van der Waals surface area contributed by atoms with E-state index in [-0.39, 0.29) is 0 Å². The summed E-state index contributed by atoms with van der Waals surface area (Å²) in [5, 5.41) is 0. The van der Waals surface area contributed by atoms with Crippen molar-refractivity contribution < 1.29 is 0 Å². The van der Waals surface area contributed by atoms with Gasteiger partial charge >= 0.3 is 0 Å². The average Bonchev–Trinajstić information content (AvgIpc) is 2.41. The Labute approximate surface area is 60.3 Å². The van der Waals surface area contributed by atoms with Gasteiger partial charge in [0.25, 0.3) is 0 Å². The third-order valence-corrected chi connectivity index (χ3v) is 1.09. The molecule has 0 aliphatic heterocycles. The molecular formula is C8H10N2. The lowest BCUT2D eigenvalue weighted by molar-refractivity contribution is 1.25. The number of hydrogen-bond acceptors (Lipinski definition) is 1. The van der Waals surface area contributed by atoms with Crippen LogP contribution in [0.2, 0.25) is 0 Å². The van der Waals surface area contributed by atoms with E-state index in [1.807, 2.05) is 18.3 Å². The first-order chi connectivity index (χ1) is 4.93. The summed E-state index contributed by atoms with van der Waals surface area (Å²) in [6.07, 6.45) is 5.43. The summed E-state index contributed by atoms with van der Waals surface area (Å²) in [6, 6.07) is 3.90. The van der Waals surface area contributed by atoms with Crippen LogP contribution in [0.3, 0.4) is 0 Å². The molecule has 2 heteroatoms. The average molecular weight is 134 g/mol. The molecular weight excluding hydrogens is 124 g/mol. The standard InChI is InChI=1S/C8H10N2/c1-2-5-9-7-8-4-3-6-10-8/h2-4,6-7,10H,1,5H2. The van der Waals surface area contributed by atoms with Gasteiger partial charge in [-0.1, -0.05) is 6.08 Å². The van der Waals surface area contributed by atoms with Crippen LogP contribution in [0.25, 0.3) is 0 Å². The number of nitrogens with zero attached hydrogens (tertiary/aromatic N) is 1. The van der Waals surface area contributed by atoms with Gasteiger partial charge < -0.3 is 4.98 Å². The van der Waals surface area contributed by atoms with E-state index in [9.17, 15) is 0 Å². The van der Waals surface area contributed by atoms with Gasteiger partial charge in [-0.25, -0.2) is 0 Å². The van der Waals surface area contributed by atoms with Crippen molar-refractivity contribution in [1.82, 2.24) is 4.98 Å². The van der Waals surface area contributed by atoms with Crippen LogP contribution in [0.1, 0.15) is 5.69 Å². The lowest BCUT2D eigenvalue weighted by Gasteiger charge is -1.82. The zero-order chi connectivity index (χ0) is 7.23. The molecule has 0 amide bonds. The maximum atomic E-state index is 4.06. The highest BCUT2D eigenvalue weighted by Gasteiger charge is 1.81. The molecule has 0 bridgehead atoms. The Bertz CT molecular complexity index is 209. The molecule has 0 saturated carbocycles. The molecule has 0 atom stereocenters. The van der Waals surface area contributed by atoms with Crippen molar-refractivity contribution in [3.63, 3.8) is 0 Å². The van der Waals surface area contributed by atoms with Crippen LogP contribution in [0.15, 0.2) is 36.0 Å². The van der Waals surface area contributed by atoms with Crippen LogP contribution in [-0.2, 0) is 0 Å². The zero-order valence-electron chi connectivity index (χ0n) is 5.75. The van der Waals surface area contributed by atoms with E-state index in [2.05, 4.69) is 16.6 Å². The van der Waals surface area contributed by atoms with Crippen molar-refractivity contribution >= 4 is 6.21 Å². The molecule has 0 aliphatic rings. The molecule has 1 N–H and O–H groups in total. The predicted octanol–water partition coefficient (Wildman–Crippen LogP) is 1.62. The normalized spacial score (nSPS) is 10.4. The third kappa shape index (κ3) is 1.90. The predicted molar refractivity (Wildman–Crippen MR) is 43.5 cm³/mol. The monoisotopic (exact) mass is 134 g/mol. The van der Waals surface area contributed by atoms with Crippen LogP contribution < -0.4 is 0 Å². The van der Waals surface area contributed by atoms with Gasteiger partial charge in [0.2, 0.25) is 0 Å². The Morgan fingerprint density at radius 2 is 2.60 bits per heavy atom. The highest BCUT2D eigenvalue weighted by Crippen LogP contribution is 1.88. The lowest BCUT2D eigenvalue weighted by atomic mass is 10.5. The molecule has 0 radical (unpaired) electrons. The van der Waals surface area contributed by atoms with E-state index in [1.54, 1.807) is 12.3 Å². The molecule has 0 unspecified atom stereocenters. The Kier molecular flexibility index (Phi) is 2.49. The molecule has 2 nitrogen and oxygen atoms in total. The highest BCUT2D eigenvalue weighted by molar-refractivity contribution is 5.76. The Hall–Kier alpha value is -1.31. The van der Waals surface area contributed by atoms with E-state index >= 15 is 0 Å². The largest absolute Gasteiger partial charge is 0.360 e. The minimum Gasteiger partial charge on any atom is -0.360 e. The second-order valence-electron chi connectivity index (χ2n) is 1.91. The summed E-state index contributed by atoms with van der Waals surface area (Å²) in [7, 11) is 0. The minimum absolute atomic E-state index is 0.680. The van der Waals surface area contributed by atoms with Gasteiger partial charge in [-0.2, -0.15) is 0 Å². The molecule has 0 saturated heterocycles. The minimum atomic E-state index is 0.680. The van der Waals surface area contributed by atoms with Crippen LogP contribution in [0, 0.1) is 0 Å². The third-order valence-electron chi connectivity index (χ3n) is 1.09. The van der Waals surface area contributed by atoms with Crippen LogP contribution >= 0.6 is 0 Å². The molecule has 0 fully saturated rings. The molecule has 0 spiro atoms. The number of aliphatic imine (C=N–C) groups is 1. The fraction of sp³-hybridized carbons (Fsp3) is 0.125. The topological polar surface area (TPSA) is 28.1 Å². The second-order valence-corrected chi connectivity index (χ2v) is 1.91. The molecule has 1 heterocycles. The molecule has 0 aromatic carbocycles. The first-order valence-electron chi connectivity index (χ1n) is 3.17. The van der Waals surface area contributed by atoms with Gasteiger partial charge in [0.15, 0.2) is 0 Å². The first kappa shape index (κ1) is 6.81. The SMILES string of the molecule is C=CCN=Cc1ccc[nH]1. The number of H-pyrrole nitrogens is 1. The highest BCUT2D eigenvalue weighted by atomic mass is 14.7. The molecule has 1 rings (SSSR count). The molecule has 1 aromatic heterocycles. The lowest BCUT2D eigenvalue weighted by Crippen LogP contribution is -1.79. The van der Waals surface area contributed by atoms with Crippen molar-refractivity contribution in [2.24, 2.45) is 4.99 Å². The van der Waals surface area contributed by atoms with E-state index in [1.165, 1.54) is 0 Å². The van der Waals surface area contributed by atoms with Gasteiger partial charge in [0, 0.05) is 12.4 Å². The Morgan fingerprint density at radius 3 is 3.20 bits per heavy atom. The maximum Gasteiger partial charge on any atom is 0.0568 e. The van der Waals surface area contributed by atoms with Gasteiger partial charge in [-0.05, 0) is 12.1 Å². The summed E-state index contributed by atoms with van der Waals surface area (Å²) in [4.78, 5) is 7.07.